The van der Waals surface area contributed by atoms with Crippen molar-refractivity contribution in [2.24, 2.45) is 5.92 Å². The monoisotopic (exact) mass is 572 g/mol. The van der Waals surface area contributed by atoms with Crippen LogP contribution in [0.2, 0.25) is 0 Å². The summed E-state index contributed by atoms with van der Waals surface area (Å²) < 4.78 is 7.19. The molecule has 0 aliphatic carbocycles. The summed E-state index contributed by atoms with van der Waals surface area (Å²) in [6.07, 6.45) is 4.28. The first-order valence-corrected chi connectivity index (χ1v) is 14.3. The quantitative estimate of drug-likeness (QED) is 0.309. The zero-order valence-corrected chi connectivity index (χ0v) is 24.5. The highest BCUT2D eigenvalue weighted by atomic mass is 32.1. The molecule has 41 heavy (non-hydrogen) atoms. The Morgan fingerprint density at radius 3 is 2.76 bits per heavy atom. The summed E-state index contributed by atoms with van der Waals surface area (Å²) in [6.45, 7) is 10.7. The maximum absolute atomic E-state index is 13.3. The average Bonchev–Trinajstić information content (AvgIpc) is 3.66. The minimum atomic E-state index is -0.528. The predicted molar refractivity (Wildman–Crippen MR) is 155 cm³/mol. The smallest absolute Gasteiger partial charge is 0.306 e. The second-order valence-electron chi connectivity index (χ2n) is 11.4. The normalized spacial score (nSPS) is 15.3. The maximum Gasteiger partial charge on any atom is 0.306 e. The van der Waals surface area contributed by atoms with Crippen molar-refractivity contribution in [2.75, 3.05) is 18.4 Å². The Balaban J connectivity index is 1.35. The molecule has 1 aliphatic heterocycles. The molecule has 5 rings (SSSR count). The number of nitrogens with one attached hydrogen (secondary N) is 1. The van der Waals surface area contributed by atoms with Crippen molar-refractivity contribution in [3.63, 3.8) is 0 Å². The van der Waals surface area contributed by atoms with Gasteiger partial charge in [0.15, 0.2) is 5.01 Å². The molecule has 1 amide bonds. The maximum atomic E-state index is 13.3. The molecule has 1 fully saturated rings. The third-order valence-electron chi connectivity index (χ3n) is 6.53. The van der Waals surface area contributed by atoms with Crippen LogP contribution in [-0.2, 0) is 9.53 Å². The number of nitrogens with zero attached hydrogens (tertiary/aromatic N) is 7. The number of rotatable bonds is 7. The molecule has 0 aromatic carbocycles. The molecular formula is C29H32N8O3S. The second kappa shape index (κ2) is 11.2. The van der Waals surface area contributed by atoms with Crippen molar-refractivity contribution in [3.05, 3.63) is 47.2 Å². The van der Waals surface area contributed by atoms with E-state index in [1.165, 1.54) is 17.5 Å². The van der Waals surface area contributed by atoms with Crippen LogP contribution in [0.25, 0.3) is 27.5 Å². The van der Waals surface area contributed by atoms with Crippen LogP contribution in [0, 0.1) is 17.2 Å². The number of hydrogen-bond acceptors (Lipinski definition) is 10. The molecule has 0 saturated carbocycles. The number of hydrogen-bond donors (Lipinski definition) is 1. The van der Waals surface area contributed by atoms with Gasteiger partial charge in [-0.2, -0.15) is 10.4 Å². The van der Waals surface area contributed by atoms with Crippen molar-refractivity contribution in [1.29, 1.82) is 5.26 Å². The topological polar surface area (TPSA) is 138 Å². The molecule has 4 aromatic rings. The number of amides is 1. The van der Waals surface area contributed by atoms with Gasteiger partial charge in [-0.1, -0.05) is 11.3 Å². The van der Waals surface area contributed by atoms with Crippen molar-refractivity contribution in [3.8, 4) is 28.0 Å². The number of fused-ring (bicyclic) bond motifs is 1. The van der Waals surface area contributed by atoms with Crippen LogP contribution in [0.4, 0.5) is 5.69 Å². The van der Waals surface area contributed by atoms with Crippen LogP contribution in [0.15, 0.2) is 36.7 Å². The van der Waals surface area contributed by atoms with Crippen LogP contribution < -0.4 is 5.32 Å². The lowest BCUT2D eigenvalue weighted by Gasteiger charge is -2.21. The summed E-state index contributed by atoms with van der Waals surface area (Å²) in [7, 11) is 0. The highest BCUT2D eigenvalue weighted by Gasteiger charge is 2.31. The lowest BCUT2D eigenvalue weighted by Crippen LogP contribution is -2.29. The Kier molecular flexibility index (Phi) is 7.73. The molecule has 1 N–H and O–H groups in total. The molecule has 0 unspecified atom stereocenters. The Bertz CT molecular complexity index is 1650. The highest BCUT2D eigenvalue weighted by Crippen LogP contribution is 2.34. The van der Waals surface area contributed by atoms with Gasteiger partial charge < -0.3 is 15.0 Å². The molecule has 0 spiro atoms. The van der Waals surface area contributed by atoms with Crippen LogP contribution in [-0.4, -0.2) is 66.3 Å². The van der Waals surface area contributed by atoms with Crippen molar-refractivity contribution in [1.82, 2.24) is 29.7 Å². The fourth-order valence-electron chi connectivity index (χ4n) is 4.81. The van der Waals surface area contributed by atoms with Gasteiger partial charge in [0.2, 0.25) is 5.01 Å². The number of anilines is 1. The predicted octanol–water partition coefficient (Wildman–Crippen LogP) is 4.80. The van der Waals surface area contributed by atoms with E-state index in [1.807, 2.05) is 52.8 Å². The number of carbonyl (C=O) groups is 2. The van der Waals surface area contributed by atoms with E-state index in [0.29, 0.717) is 34.4 Å². The van der Waals surface area contributed by atoms with Crippen molar-refractivity contribution in [2.45, 2.75) is 59.1 Å². The number of likely N-dealkylation sites (tertiary alicyclic amines) is 1. The van der Waals surface area contributed by atoms with Gasteiger partial charge in [-0.15, -0.1) is 10.2 Å². The van der Waals surface area contributed by atoms with Gasteiger partial charge in [0.1, 0.15) is 11.7 Å². The number of ether oxygens (including phenoxy) is 1. The first-order valence-electron chi connectivity index (χ1n) is 13.5. The van der Waals surface area contributed by atoms with E-state index in [1.54, 1.807) is 21.7 Å². The summed E-state index contributed by atoms with van der Waals surface area (Å²) >= 11 is 1.22. The van der Waals surface area contributed by atoms with E-state index in [4.69, 9.17) is 4.74 Å². The fraction of sp³-hybridized carbons (Fsp3) is 0.414. The summed E-state index contributed by atoms with van der Waals surface area (Å²) in [5.74, 6) is -0.372. The van der Waals surface area contributed by atoms with Gasteiger partial charge in [-0.3, -0.25) is 14.6 Å². The van der Waals surface area contributed by atoms with E-state index >= 15 is 0 Å². The average molecular weight is 573 g/mol. The number of aromatic nitrogens is 5. The molecular weight excluding hydrogens is 540 g/mol. The molecule has 12 heteroatoms. The minimum Gasteiger partial charge on any atom is -0.460 e. The van der Waals surface area contributed by atoms with Crippen LogP contribution in [0.1, 0.15) is 62.8 Å². The molecule has 1 atom stereocenters. The van der Waals surface area contributed by atoms with Gasteiger partial charge in [-0.05, 0) is 71.2 Å². The molecule has 11 nitrogen and oxygen atoms in total. The molecule has 0 bridgehead atoms. The number of nitriles is 1. The van der Waals surface area contributed by atoms with Gasteiger partial charge in [0.05, 0.1) is 40.6 Å². The summed E-state index contributed by atoms with van der Waals surface area (Å²) in [4.78, 5) is 31.9. The lowest BCUT2D eigenvalue weighted by molar-refractivity contribution is -0.155. The van der Waals surface area contributed by atoms with E-state index in [9.17, 15) is 14.9 Å². The zero-order chi connectivity index (χ0) is 29.3. The van der Waals surface area contributed by atoms with Gasteiger partial charge in [0, 0.05) is 31.0 Å². The van der Waals surface area contributed by atoms with E-state index in [-0.39, 0.29) is 30.3 Å². The van der Waals surface area contributed by atoms with Crippen molar-refractivity contribution < 1.29 is 14.3 Å². The lowest BCUT2D eigenvalue weighted by atomic mass is 10.1. The standard InChI is InChI=1S/C29H32N8O3S/c1-17(2)33-22-12-23(24-7-6-20-10-19(13-30)14-32-37(20)24)31-15-21(22)26-34-35-27(41-26)28(39)36-9-8-18(16-36)11-25(38)40-29(3,4)5/h6-7,10,12,14-15,17-18H,8-9,11,16H2,1-5H3,(H,31,33)/t18-/m1/s1. The zero-order valence-electron chi connectivity index (χ0n) is 23.7. The van der Waals surface area contributed by atoms with Gasteiger partial charge >= 0.3 is 5.97 Å². The first kappa shape index (κ1) is 28.2. The molecule has 0 radical (unpaired) electrons. The summed E-state index contributed by atoms with van der Waals surface area (Å²) in [5, 5.41) is 26.5. The third-order valence-corrected chi connectivity index (χ3v) is 7.47. The first-order chi connectivity index (χ1) is 19.5. The summed E-state index contributed by atoms with van der Waals surface area (Å²) in [6, 6.07) is 9.76. The molecule has 1 aliphatic rings. The SMILES string of the molecule is CC(C)Nc1cc(-c2ccc3cc(C#N)cnn23)ncc1-c1nnc(C(=O)N2CC[C@H](CC(=O)OC(C)(C)C)C2)s1. The van der Waals surface area contributed by atoms with Crippen LogP contribution in [0.5, 0.6) is 0 Å². The highest BCUT2D eigenvalue weighted by molar-refractivity contribution is 7.16. The third kappa shape index (κ3) is 6.36. The Labute approximate surface area is 242 Å². The minimum absolute atomic E-state index is 0.0610. The Hall–Kier alpha value is -4.37. The number of esters is 1. The van der Waals surface area contributed by atoms with E-state index in [0.717, 1.165) is 28.9 Å². The van der Waals surface area contributed by atoms with E-state index in [2.05, 4.69) is 31.7 Å². The number of pyridine rings is 1. The Morgan fingerprint density at radius 2 is 2.02 bits per heavy atom. The van der Waals surface area contributed by atoms with Crippen molar-refractivity contribution >= 4 is 34.4 Å². The van der Waals surface area contributed by atoms with Crippen LogP contribution in [0.3, 0.4) is 0 Å². The molecule has 5 heterocycles. The fourth-order valence-corrected chi connectivity index (χ4v) is 5.64. The van der Waals surface area contributed by atoms with Gasteiger partial charge in [-0.25, -0.2) is 4.52 Å². The van der Waals surface area contributed by atoms with Crippen LogP contribution >= 0.6 is 11.3 Å². The number of carbonyl (C=O) groups excluding carboxylic acids is 2. The Morgan fingerprint density at radius 1 is 1.22 bits per heavy atom. The van der Waals surface area contributed by atoms with E-state index < -0.39 is 5.60 Å². The molecule has 212 valence electrons. The summed E-state index contributed by atoms with van der Waals surface area (Å²) in [5.41, 5.74) is 3.78. The molecule has 1 saturated heterocycles. The molecule has 4 aromatic heterocycles. The van der Waals surface area contributed by atoms with Gasteiger partial charge in [0.25, 0.3) is 5.91 Å². The largest absolute Gasteiger partial charge is 0.460 e. The second-order valence-corrected chi connectivity index (χ2v) is 12.4.